The summed E-state index contributed by atoms with van der Waals surface area (Å²) in [5.41, 5.74) is 8.45. The molecule has 7 heteroatoms. The molecule has 1 fully saturated rings. The number of carbonyl (C=O) groups is 2. The number of nitrogens with two attached hydrogens (primary N) is 1. The summed E-state index contributed by atoms with van der Waals surface area (Å²) < 4.78 is 5.31. The lowest BCUT2D eigenvalue weighted by molar-refractivity contribution is -0.135. The smallest absolute Gasteiger partial charge is 0.257 e. The Morgan fingerprint density at radius 3 is 2.57 bits per heavy atom. The summed E-state index contributed by atoms with van der Waals surface area (Å²) >= 11 is 0. The van der Waals surface area contributed by atoms with E-state index in [2.05, 4.69) is 30.3 Å². The fraction of sp³-hybridized carbons (Fsp3) is 0.321. The van der Waals surface area contributed by atoms with Gasteiger partial charge in [0.15, 0.2) is 0 Å². The number of primary amides is 1. The topological polar surface area (TPSA) is 88.2 Å². The molecule has 2 aliphatic rings. The van der Waals surface area contributed by atoms with Crippen LogP contribution in [0.1, 0.15) is 36.4 Å². The third-order valence-corrected chi connectivity index (χ3v) is 7.02. The third kappa shape index (κ3) is 4.91. The number of piperidine rings is 1. The lowest BCUT2D eigenvalue weighted by atomic mass is 9.96. The zero-order chi connectivity index (χ0) is 24.4. The highest BCUT2D eigenvalue weighted by atomic mass is 16.5. The molecule has 0 radical (unpaired) electrons. The van der Waals surface area contributed by atoms with Gasteiger partial charge in [-0.25, -0.2) is 5.01 Å². The van der Waals surface area contributed by atoms with Crippen LogP contribution in [0.15, 0.2) is 71.8 Å². The van der Waals surface area contributed by atoms with Crippen molar-refractivity contribution in [3.05, 3.63) is 77.9 Å². The van der Waals surface area contributed by atoms with Gasteiger partial charge in [0.1, 0.15) is 5.75 Å². The Kier molecular flexibility index (Phi) is 6.51. The predicted octanol–water partition coefficient (Wildman–Crippen LogP) is 3.72. The van der Waals surface area contributed by atoms with Crippen LogP contribution in [0.5, 0.6) is 5.75 Å². The van der Waals surface area contributed by atoms with E-state index in [-0.39, 0.29) is 30.3 Å². The zero-order valence-corrected chi connectivity index (χ0v) is 19.9. The fourth-order valence-electron chi connectivity index (χ4n) is 5.06. The minimum absolute atomic E-state index is 0.0771. The summed E-state index contributed by atoms with van der Waals surface area (Å²) in [5.74, 6) is 0.193. The van der Waals surface area contributed by atoms with Crippen LogP contribution in [-0.2, 0) is 9.59 Å². The number of methoxy groups -OCH3 is 1. The molecule has 2 N–H and O–H groups in total. The largest absolute Gasteiger partial charge is 0.497 e. The van der Waals surface area contributed by atoms with E-state index in [0.717, 1.165) is 47.4 Å². The van der Waals surface area contributed by atoms with Crippen LogP contribution in [0.2, 0.25) is 0 Å². The van der Waals surface area contributed by atoms with E-state index in [1.165, 1.54) is 5.39 Å². The number of hydrogen-bond donors (Lipinski definition) is 1. The summed E-state index contributed by atoms with van der Waals surface area (Å²) in [7, 11) is 1.64. The van der Waals surface area contributed by atoms with Crippen LogP contribution in [0.3, 0.4) is 0 Å². The van der Waals surface area contributed by atoms with Crippen molar-refractivity contribution in [3.8, 4) is 5.75 Å². The van der Waals surface area contributed by atoms with Gasteiger partial charge in [-0.3, -0.25) is 14.5 Å². The van der Waals surface area contributed by atoms with E-state index < -0.39 is 0 Å². The van der Waals surface area contributed by atoms with Gasteiger partial charge in [-0.1, -0.05) is 48.5 Å². The zero-order valence-electron chi connectivity index (χ0n) is 19.9. The normalized spacial score (nSPS) is 20.6. The number of hydrogen-bond acceptors (Lipinski definition) is 5. The molecule has 180 valence electrons. The molecule has 2 heterocycles. The van der Waals surface area contributed by atoms with Crippen molar-refractivity contribution in [2.45, 2.75) is 25.3 Å². The molecule has 0 spiro atoms. The molecule has 2 aliphatic heterocycles. The predicted molar refractivity (Wildman–Crippen MR) is 136 cm³/mol. The molecule has 2 unspecified atom stereocenters. The summed E-state index contributed by atoms with van der Waals surface area (Å²) in [4.78, 5) is 27.2. The van der Waals surface area contributed by atoms with E-state index in [0.29, 0.717) is 13.0 Å². The van der Waals surface area contributed by atoms with Crippen molar-refractivity contribution in [1.82, 2.24) is 9.91 Å². The summed E-state index contributed by atoms with van der Waals surface area (Å²) in [6.45, 7) is 1.51. The first-order chi connectivity index (χ1) is 17.0. The number of benzene rings is 3. The lowest BCUT2D eigenvalue weighted by Crippen LogP contribution is -2.45. The molecule has 1 saturated heterocycles. The molecule has 2 atom stereocenters. The van der Waals surface area contributed by atoms with E-state index in [1.807, 2.05) is 41.3 Å². The number of amides is 2. The van der Waals surface area contributed by atoms with Gasteiger partial charge >= 0.3 is 0 Å². The third-order valence-electron chi connectivity index (χ3n) is 7.02. The minimum Gasteiger partial charge on any atom is -0.497 e. The standard InChI is InChI=1S/C28H30N4O3/c1-35-24-12-10-20(11-13-24)26-16-25(22-9-8-19-5-2-3-6-21(19)15-22)30-32(26)27(33)18-31-14-4-7-23(17-31)28(29)34/h2-3,5-6,8-13,15,23,26H,4,7,14,16-18H2,1H3,(H2,29,34). The van der Waals surface area contributed by atoms with Gasteiger partial charge in [0.25, 0.3) is 5.91 Å². The van der Waals surface area contributed by atoms with Gasteiger partial charge in [0, 0.05) is 13.0 Å². The van der Waals surface area contributed by atoms with Crippen molar-refractivity contribution >= 4 is 28.3 Å². The number of hydrazone groups is 1. The first-order valence-electron chi connectivity index (χ1n) is 12.1. The van der Waals surface area contributed by atoms with Crippen molar-refractivity contribution in [2.75, 3.05) is 26.7 Å². The Labute approximate surface area is 205 Å². The number of nitrogens with zero attached hydrogens (tertiary/aromatic N) is 3. The lowest BCUT2D eigenvalue weighted by Gasteiger charge is -2.32. The summed E-state index contributed by atoms with van der Waals surface area (Å²) in [6, 6.07) is 22.1. The van der Waals surface area contributed by atoms with Crippen LogP contribution in [0, 0.1) is 5.92 Å². The van der Waals surface area contributed by atoms with Gasteiger partial charge in [-0.05, 0) is 59.5 Å². The Hall–Kier alpha value is -3.71. The molecular formula is C28H30N4O3. The van der Waals surface area contributed by atoms with Crippen molar-refractivity contribution in [1.29, 1.82) is 0 Å². The quantitative estimate of drug-likeness (QED) is 0.595. The summed E-state index contributed by atoms with van der Waals surface area (Å²) in [5, 5.41) is 8.77. The van der Waals surface area contributed by atoms with E-state index >= 15 is 0 Å². The fourth-order valence-corrected chi connectivity index (χ4v) is 5.06. The van der Waals surface area contributed by atoms with E-state index in [4.69, 9.17) is 15.6 Å². The highest BCUT2D eigenvalue weighted by Crippen LogP contribution is 2.34. The Morgan fingerprint density at radius 2 is 1.83 bits per heavy atom. The van der Waals surface area contributed by atoms with Crippen molar-refractivity contribution < 1.29 is 14.3 Å². The molecule has 5 rings (SSSR count). The number of likely N-dealkylation sites (tertiary alicyclic amines) is 1. The maximum absolute atomic E-state index is 13.5. The van der Waals surface area contributed by atoms with Crippen LogP contribution < -0.4 is 10.5 Å². The maximum Gasteiger partial charge on any atom is 0.257 e. The number of fused-ring (bicyclic) bond motifs is 1. The average molecular weight is 471 g/mol. The molecule has 0 aliphatic carbocycles. The van der Waals surface area contributed by atoms with Crippen molar-refractivity contribution in [3.63, 3.8) is 0 Å². The average Bonchev–Trinajstić information content (AvgIpc) is 3.34. The number of rotatable bonds is 6. The molecule has 3 aromatic rings. The van der Waals surface area contributed by atoms with Crippen LogP contribution >= 0.6 is 0 Å². The molecule has 7 nitrogen and oxygen atoms in total. The monoisotopic (exact) mass is 470 g/mol. The Bertz CT molecular complexity index is 1270. The molecule has 3 aromatic carbocycles. The molecule has 0 aromatic heterocycles. The first-order valence-corrected chi connectivity index (χ1v) is 12.1. The molecule has 35 heavy (non-hydrogen) atoms. The van der Waals surface area contributed by atoms with Gasteiger partial charge in [0.05, 0.1) is 31.3 Å². The second kappa shape index (κ2) is 9.88. The van der Waals surface area contributed by atoms with Crippen molar-refractivity contribution in [2.24, 2.45) is 16.8 Å². The molecule has 2 amide bonds. The molecule has 0 saturated carbocycles. The first kappa shape index (κ1) is 23.1. The minimum atomic E-state index is -0.295. The van der Waals surface area contributed by atoms with Gasteiger partial charge in [-0.15, -0.1) is 0 Å². The SMILES string of the molecule is COc1ccc(C2CC(c3ccc4ccccc4c3)=NN2C(=O)CN2CCCC(C(N)=O)C2)cc1. The highest BCUT2D eigenvalue weighted by Gasteiger charge is 2.35. The van der Waals surface area contributed by atoms with E-state index in [9.17, 15) is 9.59 Å². The van der Waals surface area contributed by atoms with Gasteiger partial charge in [0.2, 0.25) is 5.91 Å². The Morgan fingerprint density at radius 1 is 1.06 bits per heavy atom. The van der Waals surface area contributed by atoms with Gasteiger partial charge < -0.3 is 10.5 Å². The van der Waals surface area contributed by atoms with Gasteiger partial charge in [-0.2, -0.15) is 5.10 Å². The molecule has 0 bridgehead atoms. The Balaban J connectivity index is 1.43. The van der Waals surface area contributed by atoms with Crippen LogP contribution in [0.25, 0.3) is 10.8 Å². The van der Waals surface area contributed by atoms with Crippen LogP contribution in [-0.4, -0.2) is 54.2 Å². The number of carbonyl (C=O) groups excluding carboxylic acids is 2. The molecular weight excluding hydrogens is 440 g/mol. The second-order valence-electron chi connectivity index (χ2n) is 9.32. The van der Waals surface area contributed by atoms with E-state index in [1.54, 1.807) is 12.1 Å². The number of ether oxygens (including phenoxy) is 1. The summed E-state index contributed by atoms with van der Waals surface area (Å²) in [6.07, 6.45) is 2.26. The highest BCUT2D eigenvalue weighted by molar-refractivity contribution is 6.05. The van der Waals surface area contributed by atoms with Crippen LogP contribution in [0.4, 0.5) is 0 Å². The second-order valence-corrected chi connectivity index (χ2v) is 9.32. The maximum atomic E-state index is 13.5.